The number of carbonyl (C=O) groups is 1. The molecule has 0 radical (unpaired) electrons. The molecule has 3 aromatic rings. The number of nitrogens with one attached hydrogen (secondary N) is 1. The molecule has 0 unspecified atom stereocenters. The van der Waals surface area contributed by atoms with E-state index < -0.39 is 16.0 Å². The van der Waals surface area contributed by atoms with Gasteiger partial charge in [0.2, 0.25) is 0 Å². The highest BCUT2D eigenvalue weighted by Gasteiger charge is 2.19. The minimum atomic E-state index is -4.13. The van der Waals surface area contributed by atoms with E-state index in [1.54, 1.807) is 48.5 Å². The summed E-state index contributed by atoms with van der Waals surface area (Å²) in [7, 11) is -2.67. The molecule has 0 heterocycles. The van der Waals surface area contributed by atoms with Gasteiger partial charge in [0.25, 0.3) is 5.91 Å². The molecule has 3 rings (SSSR count). The molecule has 9 heteroatoms. The van der Waals surface area contributed by atoms with Crippen LogP contribution in [0.1, 0.15) is 11.1 Å². The Kier molecular flexibility index (Phi) is 7.53. The number of nitrogens with zero attached hydrogens (tertiary/aromatic N) is 1. The number of rotatable bonds is 7. The quantitative estimate of drug-likeness (QED) is 0.261. The molecule has 0 bridgehead atoms. The smallest absolute Gasteiger partial charge is 0.339 e. The van der Waals surface area contributed by atoms with Crippen LogP contribution in [0.3, 0.4) is 0 Å². The molecule has 0 spiro atoms. The first-order valence-electron chi connectivity index (χ1n) is 9.60. The number of ether oxygens (including phenoxy) is 1. The van der Waals surface area contributed by atoms with Crippen LogP contribution >= 0.6 is 15.9 Å². The fraction of sp³-hybridized carbons (Fsp3) is 0.0833. The van der Waals surface area contributed by atoms with Gasteiger partial charge < -0.3 is 14.2 Å². The Labute approximate surface area is 200 Å². The van der Waals surface area contributed by atoms with Crippen LogP contribution in [-0.2, 0) is 14.9 Å². The van der Waals surface area contributed by atoms with E-state index in [-0.39, 0.29) is 21.8 Å². The average Bonchev–Trinajstić information content (AvgIpc) is 2.79. The third-order valence-corrected chi connectivity index (χ3v) is 6.24. The van der Waals surface area contributed by atoms with Crippen molar-refractivity contribution in [3.63, 3.8) is 0 Å². The van der Waals surface area contributed by atoms with Gasteiger partial charge in [-0.1, -0.05) is 45.8 Å². The standard InChI is InChI=1S/C24H19BrN2O5S/c1-16-7-10-20(11-8-16)33(29,30)32-22-12-9-19(25)14-17(22)13-18(15-26)24(28)27-21-5-3-4-6-23(21)31-2/h3-14H,1-2H3,(H,27,28)/b18-13+. The minimum absolute atomic E-state index is 0.0135. The van der Waals surface area contributed by atoms with Crippen molar-refractivity contribution in [2.24, 2.45) is 0 Å². The highest BCUT2D eigenvalue weighted by Crippen LogP contribution is 2.29. The summed E-state index contributed by atoms with van der Waals surface area (Å²) in [4.78, 5) is 12.7. The van der Waals surface area contributed by atoms with Crippen molar-refractivity contribution in [1.29, 1.82) is 5.26 Å². The zero-order valence-electron chi connectivity index (χ0n) is 17.7. The van der Waals surface area contributed by atoms with Crippen LogP contribution in [0.25, 0.3) is 6.08 Å². The normalized spacial score (nSPS) is 11.4. The van der Waals surface area contributed by atoms with Crippen LogP contribution in [0.2, 0.25) is 0 Å². The third kappa shape index (κ3) is 6.00. The Bertz CT molecular complexity index is 1360. The van der Waals surface area contributed by atoms with E-state index in [2.05, 4.69) is 21.2 Å². The predicted octanol–water partition coefficient (Wildman–Crippen LogP) is 5.08. The van der Waals surface area contributed by atoms with E-state index in [9.17, 15) is 18.5 Å². The Morgan fingerprint density at radius 3 is 2.42 bits per heavy atom. The fourth-order valence-electron chi connectivity index (χ4n) is 2.82. The summed E-state index contributed by atoms with van der Waals surface area (Å²) in [5, 5.41) is 12.2. The molecule has 0 atom stereocenters. The van der Waals surface area contributed by atoms with Crippen LogP contribution < -0.4 is 14.2 Å². The molecule has 7 nitrogen and oxygen atoms in total. The van der Waals surface area contributed by atoms with Gasteiger partial charge in [-0.15, -0.1) is 0 Å². The Morgan fingerprint density at radius 1 is 1.06 bits per heavy atom. The summed E-state index contributed by atoms with van der Waals surface area (Å²) >= 11 is 3.32. The van der Waals surface area contributed by atoms with Crippen LogP contribution in [0.15, 0.2) is 81.7 Å². The summed E-state index contributed by atoms with van der Waals surface area (Å²) in [5.74, 6) is -0.287. The second-order valence-corrected chi connectivity index (χ2v) is 9.32. The molecule has 3 aromatic carbocycles. The van der Waals surface area contributed by atoms with Gasteiger partial charge in [0.1, 0.15) is 28.0 Å². The average molecular weight is 527 g/mol. The molecule has 0 fully saturated rings. The molecule has 0 aromatic heterocycles. The van der Waals surface area contributed by atoms with E-state index in [1.807, 2.05) is 13.0 Å². The van der Waals surface area contributed by atoms with Gasteiger partial charge in [0.05, 0.1) is 12.8 Å². The molecule has 1 amide bonds. The Hall–Kier alpha value is -3.61. The lowest BCUT2D eigenvalue weighted by molar-refractivity contribution is -0.112. The summed E-state index contributed by atoms with van der Waals surface area (Å²) in [6.45, 7) is 1.84. The van der Waals surface area contributed by atoms with E-state index >= 15 is 0 Å². The topological polar surface area (TPSA) is 105 Å². The Balaban J connectivity index is 1.95. The van der Waals surface area contributed by atoms with Crippen LogP contribution in [0.4, 0.5) is 5.69 Å². The van der Waals surface area contributed by atoms with Gasteiger partial charge >= 0.3 is 10.1 Å². The van der Waals surface area contributed by atoms with Crippen LogP contribution in [0, 0.1) is 18.3 Å². The number of aryl methyl sites for hydroxylation is 1. The van der Waals surface area contributed by atoms with Gasteiger partial charge in [-0.3, -0.25) is 4.79 Å². The number of hydrogen-bond donors (Lipinski definition) is 1. The zero-order chi connectivity index (χ0) is 24.0. The summed E-state index contributed by atoms with van der Waals surface area (Å²) < 4.78 is 36.6. The second kappa shape index (κ2) is 10.3. The largest absolute Gasteiger partial charge is 0.495 e. The molecule has 168 valence electrons. The molecular weight excluding hydrogens is 508 g/mol. The summed E-state index contributed by atoms with van der Waals surface area (Å²) in [6, 6.07) is 19.4. The molecule has 33 heavy (non-hydrogen) atoms. The number of hydrogen-bond acceptors (Lipinski definition) is 6. The fourth-order valence-corrected chi connectivity index (χ4v) is 4.15. The highest BCUT2D eigenvalue weighted by molar-refractivity contribution is 9.10. The number of methoxy groups -OCH3 is 1. The first kappa shape index (κ1) is 24.0. The maximum Gasteiger partial charge on any atom is 0.339 e. The summed E-state index contributed by atoms with van der Waals surface area (Å²) in [6.07, 6.45) is 1.26. The van der Waals surface area contributed by atoms with Crippen molar-refractivity contribution in [3.8, 4) is 17.6 Å². The first-order valence-corrected chi connectivity index (χ1v) is 11.8. The number of para-hydroxylation sites is 2. The van der Waals surface area contributed by atoms with Gasteiger partial charge in [-0.05, 0) is 55.5 Å². The van der Waals surface area contributed by atoms with Gasteiger partial charge in [0.15, 0.2) is 0 Å². The highest BCUT2D eigenvalue weighted by atomic mass is 79.9. The lowest BCUT2D eigenvalue weighted by Gasteiger charge is -2.11. The van der Waals surface area contributed by atoms with E-state index in [1.165, 1.54) is 31.4 Å². The zero-order valence-corrected chi connectivity index (χ0v) is 20.1. The molecule has 1 N–H and O–H groups in total. The predicted molar refractivity (Wildman–Crippen MR) is 128 cm³/mol. The second-order valence-electron chi connectivity index (χ2n) is 6.86. The number of amides is 1. The van der Waals surface area contributed by atoms with E-state index in [0.29, 0.717) is 15.9 Å². The SMILES string of the molecule is COc1ccccc1NC(=O)/C(C#N)=C/c1cc(Br)ccc1OS(=O)(=O)c1ccc(C)cc1. The number of benzene rings is 3. The third-order valence-electron chi connectivity index (χ3n) is 4.50. The summed E-state index contributed by atoms with van der Waals surface area (Å²) in [5.41, 5.74) is 1.27. The van der Waals surface area contributed by atoms with Crippen molar-refractivity contribution in [2.45, 2.75) is 11.8 Å². The Morgan fingerprint density at radius 2 is 1.76 bits per heavy atom. The maximum atomic E-state index is 12.7. The molecule has 0 aliphatic carbocycles. The van der Waals surface area contributed by atoms with Crippen molar-refractivity contribution >= 4 is 43.7 Å². The molecule has 0 saturated carbocycles. The lowest BCUT2D eigenvalue weighted by Crippen LogP contribution is -2.14. The van der Waals surface area contributed by atoms with Gasteiger partial charge in [-0.2, -0.15) is 13.7 Å². The van der Waals surface area contributed by atoms with Gasteiger partial charge in [-0.25, -0.2) is 0 Å². The lowest BCUT2D eigenvalue weighted by atomic mass is 10.1. The van der Waals surface area contributed by atoms with Crippen LogP contribution in [-0.4, -0.2) is 21.4 Å². The van der Waals surface area contributed by atoms with Crippen molar-refractivity contribution in [1.82, 2.24) is 0 Å². The number of nitriles is 1. The molecule has 0 aliphatic heterocycles. The number of halogens is 1. The monoisotopic (exact) mass is 526 g/mol. The van der Waals surface area contributed by atoms with E-state index in [0.717, 1.165) is 5.56 Å². The number of anilines is 1. The van der Waals surface area contributed by atoms with Crippen LogP contribution in [0.5, 0.6) is 11.5 Å². The molecule has 0 aliphatic rings. The molecular formula is C24H19BrN2O5S. The van der Waals surface area contributed by atoms with E-state index in [4.69, 9.17) is 8.92 Å². The minimum Gasteiger partial charge on any atom is -0.495 e. The number of carbonyl (C=O) groups excluding carboxylic acids is 1. The van der Waals surface area contributed by atoms with Crippen molar-refractivity contribution in [2.75, 3.05) is 12.4 Å². The van der Waals surface area contributed by atoms with Crippen molar-refractivity contribution in [3.05, 3.63) is 87.9 Å². The first-order chi connectivity index (χ1) is 15.7. The molecule has 0 saturated heterocycles. The van der Waals surface area contributed by atoms with Crippen molar-refractivity contribution < 1.29 is 22.1 Å². The van der Waals surface area contributed by atoms with Gasteiger partial charge in [0, 0.05) is 10.0 Å². The maximum absolute atomic E-state index is 12.7.